The third-order valence-electron chi connectivity index (χ3n) is 3.34. The maximum absolute atomic E-state index is 4.59. The summed E-state index contributed by atoms with van der Waals surface area (Å²) in [5.74, 6) is 0.657. The van der Waals surface area contributed by atoms with Gasteiger partial charge in [0.15, 0.2) is 5.17 Å². The fourth-order valence-corrected chi connectivity index (χ4v) is 3.18. The van der Waals surface area contributed by atoms with Crippen molar-refractivity contribution in [2.75, 3.05) is 11.9 Å². The van der Waals surface area contributed by atoms with Gasteiger partial charge in [-0.2, -0.15) is 0 Å². The highest BCUT2D eigenvalue weighted by Crippen LogP contribution is 2.29. The predicted molar refractivity (Wildman–Crippen MR) is 83.9 cm³/mol. The van der Waals surface area contributed by atoms with Crippen LogP contribution < -0.4 is 5.32 Å². The lowest BCUT2D eigenvalue weighted by molar-refractivity contribution is 0.621. The van der Waals surface area contributed by atoms with Crippen molar-refractivity contribution in [1.82, 2.24) is 4.98 Å². The van der Waals surface area contributed by atoms with E-state index in [1.807, 2.05) is 36.3 Å². The van der Waals surface area contributed by atoms with Gasteiger partial charge < -0.3 is 5.32 Å². The van der Waals surface area contributed by atoms with E-state index < -0.39 is 0 Å². The maximum Gasteiger partial charge on any atom is 0.161 e. The predicted octanol–water partition coefficient (Wildman–Crippen LogP) is 3.77. The molecular formula is C15H17N3S. The quantitative estimate of drug-likeness (QED) is 0.903. The van der Waals surface area contributed by atoms with Crippen LogP contribution in [0.3, 0.4) is 0 Å². The lowest BCUT2D eigenvalue weighted by atomic mass is 10.1. The van der Waals surface area contributed by atoms with Crippen molar-refractivity contribution in [3.05, 3.63) is 36.7 Å². The second kappa shape index (κ2) is 5.21. The molecule has 4 heteroatoms. The molecule has 2 heterocycles. The Kier molecular flexibility index (Phi) is 3.42. The first kappa shape index (κ1) is 12.5. The summed E-state index contributed by atoms with van der Waals surface area (Å²) in [6, 6.07) is 8.26. The van der Waals surface area contributed by atoms with Gasteiger partial charge >= 0.3 is 0 Å². The molecule has 0 spiro atoms. The van der Waals surface area contributed by atoms with E-state index in [4.69, 9.17) is 0 Å². The summed E-state index contributed by atoms with van der Waals surface area (Å²) in [6.45, 7) is 5.41. The molecule has 19 heavy (non-hydrogen) atoms. The van der Waals surface area contributed by atoms with Gasteiger partial charge in [0.05, 0.1) is 6.54 Å². The van der Waals surface area contributed by atoms with E-state index >= 15 is 0 Å². The van der Waals surface area contributed by atoms with Crippen LogP contribution >= 0.6 is 11.8 Å². The Morgan fingerprint density at radius 1 is 1.32 bits per heavy atom. The molecule has 1 aliphatic heterocycles. The van der Waals surface area contributed by atoms with Crippen molar-refractivity contribution in [2.45, 2.75) is 19.1 Å². The van der Waals surface area contributed by atoms with Gasteiger partial charge in [0.2, 0.25) is 0 Å². The van der Waals surface area contributed by atoms with Crippen molar-refractivity contribution in [2.24, 2.45) is 10.9 Å². The molecule has 3 rings (SSSR count). The Hall–Kier alpha value is -1.55. The molecule has 1 N–H and O–H groups in total. The van der Waals surface area contributed by atoms with Crippen LogP contribution in [0.15, 0.2) is 41.7 Å². The number of rotatable bonds is 2. The van der Waals surface area contributed by atoms with Crippen LogP contribution in [0.2, 0.25) is 0 Å². The average molecular weight is 271 g/mol. The molecule has 0 amide bonds. The van der Waals surface area contributed by atoms with Gasteiger partial charge in [0, 0.05) is 34.1 Å². The summed E-state index contributed by atoms with van der Waals surface area (Å²) in [6.07, 6.45) is 3.72. The Balaban J connectivity index is 1.83. The molecule has 2 aromatic rings. The number of nitrogens with zero attached hydrogens (tertiary/aromatic N) is 2. The number of amidine groups is 1. The monoisotopic (exact) mass is 271 g/mol. The third-order valence-corrected chi connectivity index (χ3v) is 4.79. The van der Waals surface area contributed by atoms with E-state index in [2.05, 4.69) is 41.3 Å². The largest absolute Gasteiger partial charge is 0.334 e. The summed E-state index contributed by atoms with van der Waals surface area (Å²) in [5.41, 5.74) is 1.11. The lowest BCUT2D eigenvalue weighted by Gasteiger charge is -2.13. The minimum Gasteiger partial charge on any atom is -0.334 e. The normalized spacial score (nSPS) is 18.9. The molecule has 0 saturated carbocycles. The van der Waals surface area contributed by atoms with Crippen molar-refractivity contribution in [3.8, 4) is 0 Å². The van der Waals surface area contributed by atoms with Crippen LogP contribution in [-0.4, -0.2) is 21.9 Å². The SMILES string of the molecule is CC(C)C1CN=C(Nc2cccc3cnccc23)S1. The number of benzene rings is 1. The minimum absolute atomic E-state index is 0.596. The molecule has 1 atom stereocenters. The fourth-order valence-electron chi connectivity index (χ4n) is 2.15. The smallest absolute Gasteiger partial charge is 0.161 e. The van der Waals surface area contributed by atoms with Crippen molar-refractivity contribution in [3.63, 3.8) is 0 Å². The van der Waals surface area contributed by atoms with Gasteiger partial charge in [-0.3, -0.25) is 9.98 Å². The molecule has 3 nitrogen and oxygen atoms in total. The van der Waals surface area contributed by atoms with Crippen LogP contribution in [-0.2, 0) is 0 Å². The zero-order valence-electron chi connectivity index (χ0n) is 11.1. The number of thioether (sulfide) groups is 1. The van der Waals surface area contributed by atoms with E-state index in [1.165, 1.54) is 5.39 Å². The van der Waals surface area contributed by atoms with Gasteiger partial charge in [-0.25, -0.2) is 0 Å². The van der Waals surface area contributed by atoms with Crippen LogP contribution in [0.25, 0.3) is 10.8 Å². The van der Waals surface area contributed by atoms with Crippen LogP contribution in [0.5, 0.6) is 0 Å². The standard InChI is InChI=1S/C15H17N3S/c1-10(2)14-9-17-15(19-14)18-13-5-3-4-11-8-16-7-6-12(11)13/h3-8,10,14H,9H2,1-2H3,(H,17,18). The van der Waals surface area contributed by atoms with E-state index in [0.29, 0.717) is 11.2 Å². The molecule has 1 aromatic carbocycles. The number of hydrogen-bond acceptors (Lipinski definition) is 4. The minimum atomic E-state index is 0.596. The topological polar surface area (TPSA) is 37.3 Å². The molecule has 0 radical (unpaired) electrons. The Morgan fingerprint density at radius 3 is 3.00 bits per heavy atom. The molecule has 0 fully saturated rings. The van der Waals surface area contributed by atoms with E-state index in [-0.39, 0.29) is 0 Å². The highest BCUT2D eigenvalue weighted by atomic mass is 32.2. The van der Waals surface area contributed by atoms with Crippen LogP contribution in [0.1, 0.15) is 13.8 Å². The molecule has 98 valence electrons. The van der Waals surface area contributed by atoms with Crippen molar-refractivity contribution in [1.29, 1.82) is 0 Å². The molecular weight excluding hydrogens is 254 g/mol. The zero-order chi connectivity index (χ0) is 13.2. The highest BCUT2D eigenvalue weighted by Gasteiger charge is 2.22. The van der Waals surface area contributed by atoms with Gasteiger partial charge in [0.25, 0.3) is 0 Å². The number of nitrogens with one attached hydrogen (secondary N) is 1. The summed E-state index contributed by atoms with van der Waals surface area (Å²) in [7, 11) is 0. The number of anilines is 1. The second-order valence-corrected chi connectivity index (χ2v) is 6.30. The molecule has 1 unspecified atom stereocenters. The molecule has 0 bridgehead atoms. The zero-order valence-corrected chi connectivity index (χ0v) is 11.9. The number of fused-ring (bicyclic) bond motifs is 1. The second-order valence-electron chi connectivity index (χ2n) is 5.07. The summed E-state index contributed by atoms with van der Waals surface area (Å²) in [5, 5.41) is 7.42. The first-order chi connectivity index (χ1) is 9.24. The van der Waals surface area contributed by atoms with Gasteiger partial charge in [-0.15, -0.1) is 0 Å². The summed E-state index contributed by atoms with van der Waals surface area (Å²) in [4.78, 5) is 8.75. The summed E-state index contributed by atoms with van der Waals surface area (Å²) >= 11 is 1.85. The molecule has 1 aliphatic rings. The van der Waals surface area contributed by atoms with E-state index in [9.17, 15) is 0 Å². The molecule has 1 aromatic heterocycles. The van der Waals surface area contributed by atoms with E-state index in [0.717, 1.165) is 22.8 Å². The first-order valence-electron chi connectivity index (χ1n) is 6.55. The Labute approximate surface area is 117 Å². The average Bonchev–Trinajstić information content (AvgIpc) is 2.88. The molecule has 0 saturated heterocycles. The molecule has 0 aliphatic carbocycles. The van der Waals surface area contributed by atoms with Crippen LogP contribution in [0.4, 0.5) is 5.69 Å². The van der Waals surface area contributed by atoms with Gasteiger partial charge in [0.1, 0.15) is 0 Å². The highest BCUT2D eigenvalue weighted by molar-refractivity contribution is 8.15. The van der Waals surface area contributed by atoms with Crippen molar-refractivity contribution >= 4 is 33.4 Å². The fraction of sp³-hybridized carbons (Fsp3) is 0.333. The van der Waals surface area contributed by atoms with Gasteiger partial charge in [-0.1, -0.05) is 37.7 Å². The number of aliphatic imine (C=N–C) groups is 1. The number of aromatic nitrogens is 1. The van der Waals surface area contributed by atoms with Crippen molar-refractivity contribution < 1.29 is 0 Å². The maximum atomic E-state index is 4.59. The lowest BCUT2D eigenvalue weighted by Crippen LogP contribution is -2.13. The number of hydrogen-bond donors (Lipinski definition) is 1. The van der Waals surface area contributed by atoms with E-state index in [1.54, 1.807) is 0 Å². The third kappa shape index (κ3) is 2.59. The van der Waals surface area contributed by atoms with Gasteiger partial charge in [-0.05, 0) is 18.1 Å². The first-order valence-corrected chi connectivity index (χ1v) is 7.43. The Bertz CT molecular complexity index is 616. The Morgan fingerprint density at radius 2 is 2.21 bits per heavy atom. The summed E-state index contributed by atoms with van der Waals surface area (Å²) < 4.78 is 0. The van der Waals surface area contributed by atoms with Crippen LogP contribution in [0, 0.1) is 5.92 Å². The number of pyridine rings is 1.